The van der Waals surface area contributed by atoms with Gasteiger partial charge in [-0.05, 0) is 24.1 Å². The van der Waals surface area contributed by atoms with E-state index in [0.29, 0.717) is 5.56 Å². The highest BCUT2D eigenvalue weighted by Gasteiger charge is 2.11. The maximum absolute atomic E-state index is 10.8. The van der Waals surface area contributed by atoms with Crippen molar-refractivity contribution in [3.8, 4) is 0 Å². The molecule has 0 radical (unpaired) electrons. The summed E-state index contributed by atoms with van der Waals surface area (Å²) in [7, 11) is 0. The molecule has 12 heavy (non-hydrogen) atoms. The summed E-state index contributed by atoms with van der Waals surface area (Å²) in [4.78, 5) is 10.8. The molecule has 1 aromatic carbocycles. The number of rotatable bonds is 1. The number of nitrogens with one attached hydrogen (secondary N) is 1. The number of primary amides is 1. The first-order valence-corrected chi connectivity index (χ1v) is 3.94. The Balaban J connectivity index is 2.45. The molecule has 1 aliphatic rings. The molecular weight excluding hydrogens is 152 g/mol. The van der Waals surface area contributed by atoms with E-state index >= 15 is 0 Å². The van der Waals surface area contributed by atoms with E-state index in [2.05, 4.69) is 5.32 Å². The predicted octanol–water partition coefficient (Wildman–Crippen LogP) is 0.753. The van der Waals surface area contributed by atoms with Gasteiger partial charge in [0.15, 0.2) is 0 Å². The molecule has 1 aromatic rings. The molecule has 0 spiro atoms. The number of hydrogen-bond acceptors (Lipinski definition) is 2. The molecule has 0 aliphatic carbocycles. The maximum atomic E-state index is 10.8. The van der Waals surface area contributed by atoms with Gasteiger partial charge in [-0.3, -0.25) is 4.79 Å². The normalized spacial score (nSPS) is 13.7. The number of carbonyl (C=O) groups excluding carboxylic acids is 1. The van der Waals surface area contributed by atoms with E-state index in [1.807, 2.05) is 12.1 Å². The second-order valence-corrected chi connectivity index (χ2v) is 2.91. The van der Waals surface area contributed by atoms with Crippen molar-refractivity contribution in [2.75, 3.05) is 11.9 Å². The van der Waals surface area contributed by atoms with Crippen molar-refractivity contribution < 1.29 is 4.79 Å². The molecule has 0 saturated heterocycles. The quantitative estimate of drug-likeness (QED) is 0.640. The lowest BCUT2D eigenvalue weighted by Gasteiger charge is -2.00. The van der Waals surface area contributed by atoms with Crippen molar-refractivity contribution in [3.05, 3.63) is 29.3 Å². The highest BCUT2D eigenvalue weighted by Crippen LogP contribution is 2.22. The molecule has 0 saturated carbocycles. The van der Waals surface area contributed by atoms with Crippen molar-refractivity contribution in [1.82, 2.24) is 0 Å². The van der Waals surface area contributed by atoms with Gasteiger partial charge in [-0.25, -0.2) is 0 Å². The molecule has 1 amide bonds. The molecule has 0 unspecified atom stereocenters. The third kappa shape index (κ3) is 1.03. The Bertz CT molecular complexity index is 333. The van der Waals surface area contributed by atoms with Crippen LogP contribution in [0.5, 0.6) is 0 Å². The standard InChI is InChI=1S/C9H10N2O/c10-9(12)7-2-1-6-3-4-11-8(6)5-7/h1-2,5,11H,3-4H2,(H2,10,12). The first-order chi connectivity index (χ1) is 5.77. The second kappa shape index (κ2) is 2.52. The average molecular weight is 162 g/mol. The van der Waals surface area contributed by atoms with Gasteiger partial charge in [0, 0.05) is 17.8 Å². The summed E-state index contributed by atoms with van der Waals surface area (Å²) in [6.07, 6.45) is 1.04. The fraction of sp³-hybridized carbons (Fsp3) is 0.222. The summed E-state index contributed by atoms with van der Waals surface area (Å²) in [5, 5.41) is 3.19. The Morgan fingerprint density at radius 1 is 1.50 bits per heavy atom. The summed E-state index contributed by atoms with van der Waals surface area (Å²) in [5.74, 6) is -0.369. The molecule has 0 aromatic heterocycles. The number of anilines is 1. The molecule has 0 atom stereocenters. The number of fused-ring (bicyclic) bond motifs is 1. The summed E-state index contributed by atoms with van der Waals surface area (Å²) >= 11 is 0. The lowest BCUT2D eigenvalue weighted by molar-refractivity contribution is 0.100. The van der Waals surface area contributed by atoms with Crippen molar-refractivity contribution in [2.45, 2.75) is 6.42 Å². The van der Waals surface area contributed by atoms with E-state index in [1.165, 1.54) is 5.56 Å². The molecule has 1 aliphatic heterocycles. The Morgan fingerprint density at radius 2 is 2.33 bits per heavy atom. The van der Waals surface area contributed by atoms with Crippen LogP contribution in [0.25, 0.3) is 0 Å². The minimum atomic E-state index is -0.369. The highest BCUT2D eigenvalue weighted by atomic mass is 16.1. The molecular formula is C9H10N2O. The third-order valence-electron chi connectivity index (χ3n) is 2.10. The molecule has 3 N–H and O–H groups in total. The fourth-order valence-electron chi connectivity index (χ4n) is 1.44. The zero-order valence-electron chi connectivity index (χ0n) is 6.63. The first-order valence-electron chi connectivity index (χ1n) is 3.94. The zero-order valence-corrected chi connectivity index (χ0v) is 6.63. The Labute approximate surface area is 70.6 Å². The van der Waals surface area contributed by atoms with Crippen LogP contribution < -0.4 is 11.1 Å². The molecule has 1 heterocycles. The van der Waals surface area contributed by atoms with Gasteiger partial charge < -0.3 is 11.1 Å². The monoisotopic (exact) mass is 162 g/mol. The highest BCUT2D eigenvalue weighted by molar-refractivity contribution is 5.94. The van der Waals surface area contributed by atoms with Crippen molar-refractivity contribution >= 4 is 11.6 Å². The number of benzene rings is 1. The molecule has 0 bridgehead atoms. The van der Waals surface area contributed by atoms with Gasteiger partial charge in [-0.2, -0.15) is 0 Å². The van der Waals surface area contributed by atoms with Gasteiger partial charge in [-0.1, -0.05) is 6.07 Å². The van der Waals surface area contributed by atoms with Crippen LogP contribution in [0.3, 0.4) is 0 Å². The van der Waals surface area contributed by atoms with Crippen molar-refractivity contribution in [1.29, 1.82) is 0 Å². The van der Waals surface area contributed by atoms with Crippen LogP contribution in [0.15, 0.2) is 18.2 Å². The van der Waals surface area contributed by atoms with Gasteiger partial charge in [0.1, 0.15) is 0 Å². The van der Waals surface area contributed by atoms with Crippen LogP contribution in [-0.2, 0) is 6.42 Å². The van der Waals surface area contributed by atoms with E-state index in [4.69, 9.17) is 5.73 Å². The Hall–Kier alpha value is -1.51. The zero-order chi connectivity index (χ0) is 8.55. The van der Waals surface area contributed by atoms with Crippen molar-refractivity contribution in [2.24, 2.45) is 5.73 Å². The number of carbonyl (C=O) groups is 1. The van der Waals surface area contributed by atoms with E-state index in [-0.39, 0.29) is 5.91 Å². The van der Waals surface area contributed by atoms with Crippen molar-refractivity contribution in [3.63, 3.8) is 0 Å². The number of nitrogens with two attached hydrogens (primary N) is 1. The van der Waals surface area contributed by atoms with Crippen LogP contribution >= 0.6 is 0 Å². The third-order valence-corrected chi connectivity index (χ3v) is 2.10. The van der Waals surface area contributed by atoms with Crippen LogP contribution in [0.4, 0.5) is 5.69 Å². The molecule has 3 nitrogen and oxygen atoms in total. The van der Waals surface area contributed by atoms with E-state index in [0.717, 1.165) is 18.7 Å². The molecule has 0 fully saturated rings. The van der Waals surface area contributed by atoms with Gasteiger partial charge >= 0.3 is 0 Å². The van der Waals surface area contributed by atoms with Gasteiger partial charge in [0.25, 0.3) is 0 Å². The lowest BCUT2D eigenvalue weighted by atomic mass is 10.1. The van der Waals surface area contributed by atoms with Gasteiger partial charge in [0.05, 0.1) is 0 Å². The van der Waals surface area contributed by atoms with E-state index < -0.39 is 0 Å². The predicted molar refractivity (Wildman–Crippen MR) is 47.2 cm³/mol. The second-order valence-electron chi connectivity index (χ2n) is 2.91. The Morgan fingerprint density at radius 3 is 3.08 bits per heavy atom. The van der Waals surface area contributed by atoms with Gasteiger partial charge in [-0.15, -0.1) is 0 Å². The fourth-order valence-corrected chi connectivity index (χ4v) is 1.44. The largest absolute Gasteiger partial charge is 0.384 e. The van der Waals surface area contributed by atoms with Gasteiger partial charge in [0.2, 0.25) is 5.91 Å². The van der Waals surface area contributed by atoms with Crippen LogP contribution in [-0.4, -0.2) is 12.5 Å². The summed E-state index contributed by atoms with van der Waals surface area (Å²) in [6.45, 7) is 0.956. The molecule has 2 rings (SSSR count). The smallest absolute Gasteiger partial charge is 0.248 e. The van der Waals surface area contributed by atoms with E-state index in [9.17, 15) is 4.79 Å². The number of hydrogen-bond donors (Lipinski definition) is 2. The number of amides is 1. The summed E-state index contributed by atoms with van der Waals surface area (Å²) in [5.41, 5.74) is 8.02. The lowest BCUT2D eigenvalue weighted by Crippen LogP contribution is -2.10. The van der Waals surface area contributed by atoms with Crippen LogP contribution in [0.2, 0.25) is 0 Å². The topological polar surface area (TPSA) is 55.1 Å². The average Bonchev–Trinajstić information content (AvgIpc) is 2.49. The molecule has 62 valence electrons. The minimum Gasteiger partial charge on any atom is -0.384 e. The molecule has 3 heteroatoms. The Kier molecular flexibility index (Phi) is 1.50. The summed E-state index contributed by atoms with van der Waals surface area (Å²) in [6, 6.07) is 5.54. The van der Waals surface area contributed by atoms with Crippen LogP contribution in [0.1, 0.15) is 15.9 Å². The SMILES string of the molecule is NC(=O)c1ccc2c(c1)NCC2. The maximum Gasteiger partial charge on any atom is 0.248 e. The van der Waals surface area contributed by atoms with E-state index in [1.54, 1.807) is 6.07 Å². The minimum absolute atomic E-state index is 0.369. The van der Waals surface area contributed by atoms with Crippen LogP contribution in [0, 0.1) is 0 Å². The summed E-state index contributed by atoms with van der Waals surface area (Å²) < 4.78 is 0. The first kappa shape index (κ1) is 7.16.